The molecule has 1 aromatic rings. The summed E-state index contributed by atoms with van der Waals surface area (Å²) >= 11 is 0. The van der Waals surface area contributed by atoms with E-state index in [0.29, 0.717) is 5.69 Å². The second kappa shape index (κ2) is 2.41. The van der Waals surface area contributed by atoms with E-state index >= 15 is 0 Å². The van der Waals surface area contributed by atoms with Crippen LogP contribution in [0.3, 0.4) is 0 Å². The maximum Gasteiger partial charge on any atom is 0.330 e. The fourth-order valence-electron chi connectivity index (χ4n) is 2.81. The average molecular weight is 207 g/mol. The van der Waals surface area contributed by atoms with Crippen molar-refractivity contribution in [3.63, 3.8) is 0 Å². The van der Waals surface area contributed by atoms with Crippen molar-refractivity contribution in [2.75, 3.05) is 0 Å². The van der Waals surface area contributed by atoms with Crippen molar-refractivity contribution in [1.82, 2.24) is 10.2 Å². The summed E-state index contributed by atoms with van der Waals surface area (Å²) in [6.07, 6.45) is 5.26. The highest BCUT2D eigenvalue weighted by Gasteiger charge is 2.65. The third-order valence-electron chi connectivity index (χ3n) is 4.01. The van der Waals surface area contributed by atoms with Gasteiger partial charge >= 0.3 is 5.97 Å². The predicted octanol–water partition coefficient (Wildman–Crippen LogP) is 0.375. The zero-order valence-corrected chi connectivity index (χ0v) is 8.29. The zero-order chi connectivity index (χ0) is 10.7. The minimum atomic E-state index is -1.25. The summed E-state index contributed by atoms with van der Waals surface area (Å²) in [4.78, 5) is 11.4. The quantitative estimate of drug-likeness (QED) is 0.620. The number of carboxylic acids is 1. The van der Waals surface area contributed by atoms with E-state index in [1.54, 1.807) is 6.20 Å². The van der Waals surface area contributed by atoms with Gasteiger partial charge in [0.25, 0.3) is 0 Å². The molecule has 5 heteroatoms. The Kier molecular flexibility index (Phi) is 1.43. The molecule has 0 saturated heterocycles. The van der Waals surface area contributed by atoms with Crippen LogP contribution < -0.4 is 5.73 Å². The van der Waals surface area contributed by atoms with E-state index in [-0.39, 0.29) is 5.41 Å². The number of hydrogen-bond donors (Lipinski definition) is 3. The van der Waals surface area contributed by atoms with Gasteiger partial charge in [0, 0.05) is 5.41 Å². The van der Waals surface area contributed by atoms with Gasteiger partial charge in [-0.1, -0.05) is 0 Å². The van der Waals surface area contributed by atoms with Gasteiger partial charge in [0.15, 0.2) is 5.54 Å². The lowest BCUT2D eigenvalue weighted by atomic mass is 9.70. The molecule has 0 aliphatic heterocycles. The molecule has 2 aliphatic rings. The first-order chi connectivity index (χ1) is 7.10. The number of aromatic nitrogens is 2. The van der Waals surface area contributed by atoms with Gasteiger partial charge in [0.05, 0.1) is 11.9 Å². The van der Waals surface area contributed by atoms with E-state index in [0.717, 1.165) is 31.2 Å². The van der Waals surface area contributed by atoms with Gasteiger partial charge in [-0.2, -0.15) is 5.10 Å². The molecule has 0 amide bonds. The monoisotopic (exact) mass is 207 g/mol. The molecule has 1 fully saturated rings. The van der Waals surface area contributed by atoms with Crippen LogP contribution in [0.15, 0.2) is 6.20 Å². The summed E-state index contributed by atoms with van der Waals surface area (Å²) in [6, 6.07) is 0. The lowest BCUT2D eigenvalue weighted by Crippen LogP contribution is -2.55. The largest absolute Gasteiger partial charge is 0.480 e. The number of nitrogens with one attached hydrogen (secondary N) is 1. The number of carbonyl (C=O) groups is 1. The Hall–Kier alpha value is -1.36. The summed E-state index contributed by atoms with van der Waals surface area (Å²) in [5.74, 6) is -0.940. The highest BCUT2D eigenvalue weighted by molar-refractivity contribution is 5.83. The number of fused-ring (bicyclic) bond motifs is 1. The number of aliphatic carboxylic acids is 1. The molecule has 1 spiro atoms. The number of hydrogen-bond acceptors (Lipinski definition) is 3. The number of rotatable bonds is 1. The number of aromatic amines is 1. The van der Waals surface area contributed by atoms with Crippen LogP contribution in [-0.2, 0) is 16.8 Å². The number of aryl methyl sites for hydroxylation is 1. The molecule has 5 nitrogen and oxygen atoms in total. The molecule has 3 rings (SSSR count). The standard InChI is InChI=1S/C10H13N3O2/c11-10(8(14)15)7-6(5-12-13-7)1-2-9(10)3-4-9/h5H,1-4,11H2,(H,12,13)(H,14,15). The molecule has 1 saturated carbocycles. The highest BCUT2D eigenvalue weighted by Crippen LogP contribution is 2.62. The fourth-order valence-corrected chi connectivity index (χ4v) is 2.81. The van der Waals surface area contributed by atoms with Crippen molar-refractivity contribution in [2.45, 2.75) is 31.2 Å². The van der Waals surface area contributed by atoms with E-state index in [9.17, 15) is 9.90 Å². The molecule has 2 aliphatic carbocycles. The first-order valence-electron chi connectivity index (χ1n) is 5.15. The average Bonchev–Trinajstić information content (AvgIpc) is 2.82. The van der Waals surface area contributed by atoms with Gasteiger partial charge in [0.1, 0.15) is 0 Å². The van der Waals surface area contributed by atoms with E-state index < -0.39 is 11.5 Å². The number of nitrogens with two attached hydrogens (primary N) is 1. The van der Waals surface area contributed by atoms with Crippen molar-refractivity contribution >= 4 is 5.97 Å². The SMILES string of the molecule is NC1(C(=O)O)c2[nH]ncc2CCC12CC2. The van der Waals surface area contributed by atoms with Crippen LogP contribution in [0.2, 0.25) is 0 Å². The summed E-state index contributed by atoms with van der Waals surface area (Å²) in [6.45, 7) is 0. The second-order valence-electron chi connectivity index (χ2n) is 4.66. The minimum absolute atomic E-state index is 0.224. The van der Waals surface area contributed by atoms with Gasteiger partial charge < -0.3 is 10.8 Å². The summed E-state index contributed by atoms with van der Waals surface area (Å²) in [5.41, 5.74) is 6.22. The Morgan fingerprint density at radius 3 is 2.87 bits per heavy atom. The van der Waals surface area contributed by atoms with E-state index in [2.05, 4.69) is 10.2 Å². The third kappa shape index (κ3) is 0.866. The van der Waals surface area contributed by atoms with Crippen molar-refractivity contribution in [1.29, 1.82) is 0 Å². The Morgan fingerprint density at radius 1 is 1.53 bits per heavy atom. The zero-order valence-electron chi connectivity index (χ0n) is 8.29. The molecular weight excluding hydrogens is 194 g/mol. The van der Waals surface area contributed by atoms with Crippen molar-refractivity contribution in [3.05, 3.63) is 17.5 Å². The van der Waals surface area contributed by atoms with Gasteiger partial charge in [-0.3, -0.25) is 5.10 Å². The van der Waals surface area contributed by atoms with Crippen LogP contribution >= 0.6 is 0 Å². The van der Waals surface area contributed by atoms with Gasteiger partial charge in [-0.25, -0.2) is 4.79 Å². The maximum atomic E-state index is 11.4. The van der Waals surface area contributed by atoms with E-state index in [4.69, 9.17) is 5.73 Å². The summed E-state index contributed by atoms with van der Waals surface area (Å²) in [7, 11) is 0. The summed E-state index contributed by atoms with van der Waals surface area (Å²) in [5, 5.41) is 16.0. The van der Waals surface area contributed by atoms with Crippen LogP contribution in [0.5, 0.6) is 0 Å². The van der Waals surface area contributed by atoms with Gasteiger partial charge in [-0.05, 0) is 31.2 Å². The Morgan fingerprint density at radius 2 is 2.27 bits per heavy atom. The Labute approximate surface area is 86.7 Å². The Bertz CT molecular complexity index is 436. The van der Waals surface area contributed by atoms with Gasteiger partial charge in [-0.15, -0.1) is 0 Å². The second-order valence-corrected chi connectivity index (χ2v) is 4.66. The van der Waals surface area contributed by atoms with Crippen LogP contribution in [0.1, 0.15) is 30.5 Å². The molecule has 0 aromatic carbocycles. The lowest BCUT2D eigenvalue weighted by molar-refractivity contribution is -0.147. The molecule has 1 heterocycles. The molecule has 0 bridgehead atoms. The first-order valence-corrected chi connectivity index (χ1v) is 5.15. The van der Waals surface area contributed by atoms with E-state index in [1.807, 2.05) is 0 Å². The van der Waals surface area contributed by atoms with Gasteiger partial charge in [0.2, 0.25) is 0 Å². The summed E-state index contributed by atoms with van der Waals surface area (Å²) < 4.78 is 0. The molecular formula is C10H13N3O2. The molecule has 0 radical (unpaired) electrons. The maximum absolute atomic E-state index is 11.4. The highest BCUT2D eigenvalue weighted by atomic mass is 16.4. The van der Waals surface area contributed by atoms with E-state index in [1.165, 1.54) is 0 Å². The predicted molar refractivity (Wildman–Crippen MR) is 52.1 cm³/mol. The topological polar surface area (TPSA) is 92.0 Å². The molecule has 1 aromatic heterocycles. The van der Waals surface area contributed by atoms with Crippen LogP contribution in [0, 0.1) is 5.41 Å². The lowest BCUT2D eigenvalue weighted by Gasteiger charge is -2.37. The fraction of sp³-hybridized carbons (Fsp3) is 0.600. The minimum Gasteiger partial charge on any atom is -0.480 e. The molecule has 1 unspecified atom stereocenters. The first kappa shape index (κ1) is 8.91. The number of carboxylic acid groups (broad SMARTS) is 1. The third-order valence-corrected chi connectivity index (χ3v) is 4.01. The molecule has 4 N–H and O–H groups in total. The molecule has 80 valence electrons. The smallest absolute Gasteiger partial charge is 0.330 e. The molecule has 15 heavy (non-hydrogen) atoms. The van der Waals surface area contributed by atoms with Crippen molar-refractivity contribution in [2.24, 2.45) is 11.1 Å². The number of H-pyrrole nitrogens is 1. The normalized spacial score (nSPS) is 31.3. The van der Waals surface area contributed by atoms with Crippen LogP contribution in [0.25, 0.3) is 0 Å². The molecule has 1 atom stereocenters. The van der Waals surface area contributed by atoms with Crippen molar-refractivity contribution in [3.8, 4) is 0 Å². The number of nitrogens with zero attached hydrogens (tertiary/aromatic N) is 1. The van der Waals surface area contributed by atoms with Crippen LogP contribution in [0.4, 0.5) is 0 Å². The van der Waals surface area contributed by atoms with Crippen molar-refractivity contribution < 1.29 is 9.90 Å². The van der Waals surface area contributed by atoms with Crippen LogP contribution in [-0.4, -0.2) is 21.3 Å². The Balaban J connectivity index is 2.21.